The van der Waals surface area contributed by atoms with Gasteiger partial charge in [-0.25, -0.2) is 0 Å². The van der Waals surface area contributed by atoms with Gasteiger partial charge in [0.2, 0.25) is 5.91 Å². The van der Waals surface area contributed by atoms with Crippen molar-refractivity contribution >= 4 is 28.9 Å². The van der Waals surface area contributed by atoms with Crippen molar-refractivity contribution in [2.24, 2.45) is 0 Å². The molecule has 1 rings (SSSR count). The van der Waals surface area contributed by atoms with Gasteiger partial charge in [0, 0.05) is 13.5 Å². The molecule has 0 saturated heterocycles. The number of aliphatic hydroxyl groups is 1. The van der Waals surface area contributed by atoms with E-state index >= 15 is 0 Å². The number of hydrogen-bond donors (Lipinski definition) is 3. The van der Waals surface area contributed by atoms with Crippen LogP contribution in [-0.2, 0) is 4.79 Å². The van der Waals surface area contributed by atoms with E-state index in [0.29, 0.717) is 12.2 Å². The minimum Gasteiger partial charge on any atom is -0.390 e. The normalized spacial score (nSPS) is 12.0. The third kappa shape index (κ3) is 4.63. The van der Waals surface area contributed by atoms with Gasteiger partial charge in [0.15, 0.2) is 0 Å². The van der Waals surface area contributed by atoms with Gasteiger partial charge in [0.1, 0.15) is 0 Å². The first-order valence-corrected chi connectivity index (χ1v) is 5.92. The van der Waals surface area contributed by atoms with Crippen LogP contribution >= 0.6 is 11.6 Å². The standard InChI is InChI=1S/C12H17ClN2O2/c1-8-3-4-11(15-9(2)16)12(5-8)14-7-10(17)6-13/h3-5,10,14,17H,6-7H2,1-2H3,(H,15,16). The number of halogens is 1. The maximum absolute atomic E-state index is 11.0. The summed E-state index contributed by atoms with van der Waals surface area (Å²) in [6.45, 7) is 3.76. The van der Waals surface area contributed by atoms with Crippen LogP contribution in [0.2, 0.25) is 0 Å². The van der Waals surface area contributed by atoms with Gasteiger partial charge in [0.05, 0.1) is 23.4 Å². The van der Waals surface area contributed by atoms with Gasteiger partial charge >= 0.3 is 0 Å². The van der Waals surface area contributed by atoms with Crippen LogP contribution in [0.3, 0.4) is 0 Å². The first kappa shape index (κ1) is 13.8. The van der Waals surface area contributed by atoms with E-state index in [0.717, 1.165) is 11.3 Å². The average Bonchev–Trinajstić information content (AvgIpc) is 2.28. The van der Waals surface area contributed by atoms with E-state index in [4.69, 9.17) is 11.6 Å². The van der Waals surface area contributed by atoms with E-state index in [-0.39, 0.29) is 11.8 Å². The quantitative estimate of drug-likeness (QED) is 0.706. The van der Waals surface area contributed by atoms with Gasteiger partial charge in [-0.05, 0) is 24.6 Å². The minimum atomic E-state index is -0.609. The van der Waals surface area contributed by atoms with E-state index in [9.17, 15) is 9.90 Å². The Morgan fingerprint density at radius 1 is 1.47 bits per heavy atom. The third-order valence-electron chi connectivity index (χ3n) is 2.19. The van der Waals surface area contributed by atoms with Crippen molar-refractivity contribution in [1.29, 1.82) is 0 Å². The number of hydrogen-bond acceptors (Lipinski definition) is 3. The lowest BCUT2D eigenvalue weighted by Crippen LogP contribution is -2.21. The van der Waals surface area contributed by atoms with Crippen molar-refractivity contribution < 1.29 is 9.90 Å². The molecule has 0 aromatic heterocycles. The molecule has 4 nitrogen and oxygen atoms in total. The second kappa shape index (κ2) is 6.47. The highest BCUT2D eigenvalue weighted by atomic mass is 35.5. The number of carbonyl (C=O) groups is 1. The summed E-state index contributed by atoms with van der Waals surface area (Å²) < 4.78 is 0. The SMILES string of the molecule is CC(=O)Nc1ccc(C)cc1NCC(O)CCl. The average molecular weight is 257 g/mol. The van der Waals surface area contributed by atoms with Crippen molar-refractivity contribution in [1.82, 2.24) is 0 Å². The Kier molecular flexibility index (Phi) is 5.25. The Hall–Kier alpha value is -1.26. The van der Waals surface area contributed by atoms with Crippen LogP contribution in [0.1, 0.15) is 12.5 Å². The third-order valence-corrected chi connectivity index (χ3v) is 2.55. The predicted octanol–water partition coefficient (Wildman–Crippen LogP) is 1.97. The number of amides is 1. The number of nitrogens with one attached hydrogen (secondary N) is 2. The predicted molar refractivity (Wildman–Crippen MR) is 70.7 cm³/mol. The first-order valence-electron chi connectivity index (χ1n) is 5.39. The smallest absolute Gasteiger partial charge is 0.221 e. The fourth-order valence-electron chi connectivity index (χ4n) is 1.39. The number of alkyl halides is 1. The summed E-state index contributed by atoms with van der Waals surface area (Å²) >= 11 is 5.51. The van der Waals surface area contributed by atoms with Gasteiger partial charge in [-0.2, -0.15) is 0 Å². The fourth-order valence-corrected chi connectivity index (χ4v) is 1.49. The second-order valence-electron chi connectivity index (χ2n) is 3.92. The zero-order valence-electron chi connectivity index (χ0n) is 9.96. The molecule has 17 heavy (non-hydrogen) atoms. The molecule has 94 valence electrons. The fraction of sp³-hybridized carbons (Fsp3) is 0.417. The Morgan fingerprint density at radius 3 is 2.76 bits per heavy atom. The highest BCUT2D eigenvalue weighted by Crippen LogP contribution is 2.23. The monoisotopic (exact) mass is 256 g/mol. The Bertz CT molecular complexity index is 396. The molecular formula is C12H17ClN2O2. The summed E-state index contributed by atoms with van der Waals surface area (Å²) in [5.74, 6) is 0.0451. The molecule has 0 spiro atoms. The maximum atomic E-state index is 11.0. The molecule has 0 heterocycles. The summed E-state index contributed by atoms with van der Waals surface area (Å²) in [6.07, 6.45) is -0.609. The highest BCUT2D eigenvalue weighted by molar-refractivity contribution is 6.18. The van der Waals surface area contributed by atoms with E-state index in [1.807, 2.05) is 25.1 Å². The van der Waals surface area contributed by atoms with E-state index in [1.54, 1.807) is 0 Å². The molecule has 1 aromatic rings. The minimum absolute atomic E-state index is 0.130. The van der Waals surface area contributed by atoms with Crippen LogP contribution in [0.4, 0.5) is 11.4 Å². The summed E-state index contributed by atoms with van der Waals surface area (Å²) in [5, 5.41) is 15.2. The number of carbonyl (C=O) groups excluding carboxylic acids is 1. The molecule has 0 aliphatic carbocycles. The van der Waals surface area contributed by atoms with Gasteiger partial charge < -0.3 is 15.7 Å². The summed E-state index contributed by atoms with van der Waals surface area (Å²) in [5.41, 5.74) is 2.55. The molecule has 3 N–H and O–H groups in total. The maximum Gasteiger partial charge on any atom is 0.221 e. The topological polar surface area (TPSA) is 61.4 Å². The summed E-state index contributed by atoms with van der Waals surface area (Å²) in [7, 11) is 0. The second-order valence-corrected chi connectivity index (χ2v) is 4.23. The lowest BCUT2D eigenvalue weighted by Gasteiger charge is -2.15. The number of aryl methyl sites for hydroxylation is 1. The molecule has 0 aliphatic heterocycles. The highest BCUT2D eigenvalue weighted by Gasteiger charge is 2.06. The number of aliphatic hydroxyl groups excluding tert-OH is 1. The van der Waals surface area contributed by atoms with E-state index < -0.39 is 6.10 Å². The first-order chi connectivity index (χ1) is 8.02. The van der Waals surface area contributed by atoms with Crippen LogP contribution in [0.25, 0.3) is 0 Å². The van der Waals surface area contributed by atoms with Crippen LogP contribution in [0.15, 0.2) is 18.2 Å². The Balaban J connectivity index is 2.79. The number of rotatable bonds is 5. The van der Waals surface area contributed by atoms with Crippen molar-refractivity contribution in [3.05, 3.63) is 23.8 Å². The molecule has 0 radical (unpaired) electrons. The van der Waals surface area contributed by atoms with Gasteiger partial charge in [-0.3, -0.25) is 4.79 Å². The molecule has 1 amide bonds. The van der Waals surface area contributed by atoms with E-state index in [2.05, 4.69) is 10.6 Å². The zero-order valence-corrected chi connectivity index (χ0v) is 10.7. The van der Waals surface area contributed by atoms with Crippen LogP contribution < -0.4 is 10.6 Å². The molecule has 0 saturated carbocycles. The molecule has 5 heteroatoms. The van der Waals surface area contributed by atoms with Crippen LogP contribution in [0.5, 0.6) is 0 Å². The Labute approximate surface area is 106 Å². The van der Waals surface area contributed by atoms with Gasteiger partial charge in [-0.15, -0.1) is 11.6 Å². The number of anilines is 2. The zero-order chi connectivity index (χ0) is 12.8. The van der Waals surface area contributed by atoms with Crippen LogP contribution in [-0.4, -0.2) is 29.5 Å². The molecule has 1 atom stereocenters. The van der Waals surface area contributed by atoms with Gasteiger partial charge in [-0.1, -0.05) is 6.07 Å². The van der Waals surface area contributed by atoms with Crippen molar-refractivity contribution in [2.75, 3.05) is 23.1 Å². The lowest BCUT2D eigenvalue weighted by molar-refractivity contribution is -0.114. The molecule has 0 aliphatic rings. The molecule has 1 aromatic carbocycles. The Morgan fingerprint density at radius 2 is 2.18 bits per heavy atom. The molecule has 1 unspecified atom stereocenters. The summed E-state index contributed by atoms with van der Waals surface area (Å²) in [6, 6.07) is 5.65. The molecular weight excluding hydrogens is 240 g/mol. The van der Waals surface area contributed by atoms with Crippen LogP contribution in [0, 0.1) is 6.92 Å². The molecule has 0 fully saturated rings. The number of benzene rings is 1. The summed E-state index contributed by atoms with van der Waals surface area (Å²) in [4.78, 5) is 11.0. The van der Waals surface area contributed by atoms with Crippen molar-refractivity contribution in [2.45, 2.75) is 20.0 Å². The van der Waals surface area contributed by atoms with Crippen molar-refractivity contribution in [3.63, 3.8) is 0 Å². The lowest BCUT2D eigenvalue weighted by atomic mass is 10.2. The van der Waals surface area contributed by atoms with Crippen molar-refractivity contribution in [3.8, 4) is 0 Å². The van der Waals surface area contributed by atoms with E-state index in [1.165, 1.54) is 6.92 Å². The molecule has 0 bridgehead atoms. The van der Waals surface area contributed by atoms with Gasteiger partial charge in [0.25, 0.3) is 0 Å². The largest absolute Gasteiger partial charge is 0.390 e.